The van der Waals surface area contributed by atoms with E-state index in [4.69, 9.17) is 4.74 Å². The van der Waals surface area contributed by atoms with Gasteiger partial charge < -0.3 is 25.4 Å². The molecule has 0 fully saturated rings. The molecule has 0 unspecified atom stereocenters. The number of hydrogen-bond acceptors (Lipinski definition) is 5. The maximum absolute atomic E-state index is 13.8. The second-order valence-electron chi connectivity index (χ2n) is 7.96. The molecule has 0 heterocycles. The van der Waals surface area contributed by atoms with Crippen LogP contribution in [-0.4, -0.2) is 67.3 Å². The van der Waals surface area contributed by atoms with Crippen LogP contribution in [0.5, 0.6) is 5.75 Å². The lowest BCUT2D eigenvalue weighted by Crippen LogP contribution is -2.56. The van der Waals surface area contributed by atoms with Gasteiger partial charge in [-0.3, -0.25) is 14.4 Å². The zero-order chi connectivity index (χ0) is 27.2. The number of rotatable bonds is 11. The Morgan fingerprint density at radius 2 is 1.71 bits per heavy atom. The Kier molecular flexibility index (Phi) is 9.94. The van der Waals surface area contributed by atoms with Gasteiger partial charge in [-0.15, -0.1) is 0 Å². The lowest BCUT2D eigenvalue weighted by Gasteiger charge is -2.30. The molecule has 0 aliphatic rings. The molecule has 8 nitrogen and oxygen atoms in total. The first-order chi connectivity index (χ1) is 16.0. The van der Waals surface area contributed by atoms with Crippen molar-refractivity contribution in [1.82, 2.24) is 10.6 Å². The fraction of sp³-hybridized carbons (Fsp3) is 0.571. The molecule has 0 spiro atoms. The number of halogens is 6. The number of aliphatic hydroxyl groups excluding tert-OH is 1. The minimum absolute atomic E-state index is 0.0432. The monoisotopic (exact) mass is 515 g/mol. The van der Waals surface area contributed by atoms with Crippen LogP contribution in [0.1, 0.15) is 27.7 Å². The van der Waals surface area contributed by atoms with Gasteiger partial charge in [0.25, 0.3) is 0 Å². The molecule has 0 aliphatic carbocycles. The molecule has 1 atom stereocenters. The van der Waals surface area contributed by atoms with Gasteiger partial charge in [-0.2, -0.15) is 22.0 Å². The number of ether oxygens (including phenoxy) is 1. The van der Waals surface area contributed by atoms with Crippen LogP contribution >= 0.6 is 0 Å². The number of carbonyl (C=O) groups excluding carboxylic acids is 3. The van der Waals surface area contributed by atoms with Crippen molar-refractivity contribution in [3.63, 3.8) is 0 Å². The van der Waals surface area contributed by atoms with Crippen molar-refractivity contribution >= 4 is 23.4 Å². The Labute approximate surface area is 197 Å². The quantitative estimate of drug-likeness (QED) is 0.310. The molecule has 0 aromatic heterocycles. The third kappa shape index (κ3) is 7.47. The maximum atomic E-state index is 13.8. The van der Waals surface area contributed by atoms with E-state index in [2.05, 4.69) is 5.32 Å². The summed E-state index contributed by atoms with van der Waals surface area (Å²) >= 11 is 0. The molecule has 3 N–H and O–H groups in total. The number of nitrogens with zero attached hydrogens (tertiary/aromatic N) is 1. The predicted octanol–water partition coefficient (Wildman–Crippen LogP) is 2.39. The summed E-state index contributed by atoms with van der Waals surface area (Å²) in [5, 5.41) is 13.0. The third-order valence-electron chi connectivity index (χ3n) is 4.84. The number of hydrogen-bond donors (Lipinski definition) is 3. The van der Waals surface area contributed by atoms with E-state index in [1.165, 1.54) is 18.3 Å². The summed E-state index contributed by atoms with van der Waals surface area (Å²) in [5.74, 6) is -9.26. The molecule has 35 heavy (non-hydrogen) atoms. The third-order valence-corrected chi connectivity index (χ3v) is 4.84. The van der Waals surface area contributed by atoms with Crippen LogP contribution in [0.15, 0.2) is 18.2 Å². The predicted molar refractivity (Wildman–Crippen MR) is 112 cm³/mol. The summed E-state index contributed by atoms with van der Waals surface area (Å²) in [4.78, 5) is 38.7. The highest BCUT2D eigenvalue weighted by Gasteiger charge is 2.57. The second-order valence-corrected chi connectivity index (χ2v) is 7.96. The van der Waals surface area contributed by atoms with E-state index in [1.54, 1.807) is 6.92 Å². The normalized spacial score (nSPS) is 13.1. The van der Waals surface area contributed by atoms with Gasteiger partial charge in [0.2, 0.25) is 17.7 Å². The van der Waals surface area contributed by atoms with Crippen molar-refractivity contribution in [3.8, 4) is 5.75 Å². The van der Waals surface area contributed by atoms with E-state index in [9.17, 15) is 45.8 Å². The standard InChI is InChI=1S/C21H27F6N3O5/c1-5-35-15-7-6-13(22)10-14(15)30(8-9-31)16(32)12(2)29-18(34)19(3,4)17(33)28-11-20(23,24)21(25,26)27/h6-7,10,12,31H,5,8-9,11H2,1-4H3,(H,28,33)(H,29,34)/t12-/m0/s1. The fourth-order valence-electron chi connectivity index (χ4n) is 2.72. The minimum Gasteiger partial charge on any atom is -0.492 e. The first-order valence-electron chi connectivity index (χ1n) is 10.4. The van der Waals surface area contributed by atoms with Gasteiger partial charge in [0.1, 0.15) is 23.0 Å². The molecule has 1 aromatic carbocycles. The second kappa shape index (κ2) is 11.6. The molecular formula is C21H27F6N3O5. The molecule has 0 radical (unpaired) electrons. The van der Waals surface area contributed by atoms with E-state index in [0.29, 0.717) is 0 Å². The lowest BCUT2D eigenvalue weighted by molar-refractivity contribution is -0.278. The van der Waals surface area contributed by atoms with Crippen LogP contribution in [0.3, 0.4) is 0 Å². The maximum Gasteiger partial charge on any atom is 0.455 e. The van der Waals surface area contributed by atoms with Crippen LogP contribution in [0.2, 0.25) is 0 Å². The first-order valence-corrected chi connectivity index (χ1v) is 10.4. The van der Waals surface area contributed by atoms with E-state index in [1.807, 2.05) is 0 Å². The van der Waals surface area contributed by atoms with Crippen molar-refractivity contribution in [2.24, 2.45) is 5.41 Å². The zero-order valence-electron chi connectivity index (χ0n) is 19.4. The van der Waals surface area contributed by atoms with Gasteiger partial charge >= 0.3 is 12.1 Å². The first kappa shape index (κ1) is 30.0. The van der Waals surface area contributed by atoms with Crippen LogP contribution < -0.4 is 20.3 Å². The highest BCUT2D eigenvalue weighted by molar-refractivity contribution is 6.07. The molecule has 0 saturated carbocycles. The molecule has 198 valence electrons. The average molecular weight is 515 g/mol. The van der Waals surface area contributed by atoms with Crippen LogP contribution in [-0.2, 0) is 14.4 Å². The van der Waals surface area contributed by atoms with Crippen LogP contribution in [0, 0.1) is 11.2 Å². The average Bonchev–Trinajstić information content (AvgIpc) is 2.75. The summed E-state index contributed by atoms with van der Waals surface area (Å²) in [5.41, 5.74) is -2.19. The molecule has 1 rings (SSSR count). The van der Waals surface area contributed by atoms with E-state index >= 15 is 0 Å². The van der Waals surface area contributed by atoms with Gasteiger partial charge in [-0.25, -0.2) is 4.39 Å². The number of carbonyl (C=O) groups is 3. The zero-order valence-corrected chi connectivity index (χ0v) is 19.4. The molecule has 0 saturated heterocycles. The summed E-state index contributed by atoms with van der Waals surface area (Å²) < 4.78 is 82.3. The molecule has 0 aliphatic heterocycles. The van der Waals surface area contributed by atoms with Crippen LogP contribution in [0.25, 0.3) is 0 Å². The number of benzene rings is 1. The summed E-state index contributed by atoms with van der Waals surface area (Å²) in [7, 11) is 0. The Bertz CT molecular complexity index is 923. The van der Waals surface area contributed by atoms with E-state index in [0.717, 1.165) is 30.9 Å². The van der Waals surface area contributed by atoms with Crippen molar-refractivity contribution in [2.45, 2.75) is 45.8 Å². The van der Waals surface area contributed by atoms with Gasteiger partial charge in [-0.1, -0.05) is 0 Å². The molecular weight excluding hydrogens is 488 g/mol. The van der Waals surface area contributed by atoms with Crippen molar-refractivity contribution in [3.05, 3.63) is 24.0 Å². The Hall–Kier alpha value is -3.03. The number of anilines is 1. The molecule has 3 amide bonds. The number of amides is 3. The summed E-state index contributed by atoms with van der Waals surface area (Å²) in [6.45, 7) is 2.00. The van der Waals surface area contributed by atoms with Crippen molar-refractivity contribution in [1.29, 1.82) is 0 Å². The summed E-state index contributed by atoms with van der Waals surface area (Å²) in [6.07, 6.45) is -5.90. The van der Waals surface area contributed by atoms with Gasteiger partial charge in [0, 0.05) is 12.6 Å². The van der Waals surface area contributed by atoms with E-state index in [-0.39, 0.29) is 24.6 Å². The van der Waals surface area contributed by atoms with Crippen molar-refractivity contribution in [2.75, 3.05) is 31.2 Å². The number of nitrogens with one attached hydrogen (secondary N) is 2. The highest BCUT2D eigenvalue weighted by atomic mass is 19.4. The largest absolute Gasteiger partial charge is 0.492 e. The van der Waals surface area contributed by atoms with Gasteiger partial charge in [-0.05, 0) is 39.8 Å². The van der Waals surface area contributed by atoms with Gasteiger partial charge in [0.05, 0.1) is 25.4 Å². The number of aliphatic hydroxyl groups is 1. The fourth-order valence-corrected chi connectivity index (χ4v) is 2.72. The smallest absolute Gasteiger partial charge is 0.455 e. The lowest BCUT2D eigenvalue weighted by atomic mass is 9.90. The SMILES string of the molecule is CCOc1ccc(F)cc1N(CCO)C(=O)[C@H](C)NC(=O)C(C)(C)C(=O)NCC(F)(F)C(F)(F)F. The number of alkyl halides is 5. The minimum atomic E-state index is -5.90. The Balaban J connectivity index is 3.03. The van der Waals surface area contributed by atoms with Crippen molar-refractivity contribution < 1.29 is 50.6 Å². The Morgan fingerprint density at radius 3 is 2.23 bits per heavy atom. The summed E-state index contributed by atoms with van der Waals surface area (Å²) in [6, 6.07) is 1.95. The molecule has 14 heteroatoms. The highest BCUT2D eigenvalue weighted by Crippen LogP contribution is 2.35. The molecule has 0 bridgehead atoms. The van der Waals surface area contributed by atoms with Gasteiger partial charge in [0.15, 0.2) is 0 Å². The topological polar surface area (TPSA) is 108 Å². The molecule has 1 aromatic rings. The Morgan fingerprint density at radius 1 is 1.11 bits per heavy atom. The van der Waals surface area contributed by atoms with E-state index < -0.39 is 60.2 Å². The van der Waals surface area contributed by atoms with Crippen LogP contribution in [0.4, 0.5) is 32.0 Å².